The predicted molar refractivity (Wildman–Crippen MR) is 92.2 cm³/mol. The van der Waals surface area contributed by atoms with Crippen molar-refractivity contribution < 1.29 is 4.79 Å². The molecule has 3 heterocycles. The second-order valence-electron chi connectivity index (χ2n) is 6.26. The fourth-order valence-corrected chi connectivity index (χ4v) is 3.35. The molecule has 1 aliphatic heterocycles. The fourth-order valence-electron chi connectivity index (χ4n) is 3.12. The maximum absolute atomic E-state index is 12.8. The van der Waals surface area contributed by atoms with Crippen LogP contribution in [-0.2, 0) is 6.54 Å². The maximum Gasteiger partial charge on any atom is 0.275 e. The van der Waals surface area contributed by atoms with E-state index in [1.165, 1.54) is 0 Å². The van der Waals surface area contributed by atoms with Gasteiger partial charge in [-0.25, -0.2) is 0 Å². The molecular formula is C17H22ClN5O. The van der Waals surface area contributed by atoms with E-state index >= 15 is 0 Å². The van der Waals surface area contributed by atoms with Gasteiger partial charge in [-0.05, 0) is 26.2 Å². The lowest BCUT2D eigenvalue weighted by Gasteiger charge is -2.32. The highest BCUT2D eigenvalue weighted by molar-refractivity contribution is 6.33. The molecule has 1 unspecified atom stereocenters. The van der Waals surface area contributed by atoms with Gasteiger partial charge < -0.3 is 4.90 Å². The number of hydrogen-bond donors (Lipinski definition) is 0. The summed E-state index contributed by atoms with van der Waals surface area (Å²) < 4.78 is 1.74. The van der Waals surface area contributed by atoms with Crippen molar-refractivity contribution >= 4 is 17.5 Å². The molecule has 128 valence electrons. The minimum Gasteiger partial charge on any atom is -0.337 e. The Labute approximate surface area is 146 Å². The van der Waals surface area contributed by atoms with Crippen molar-refractivity contribution in [2.45, 2.75) is 45.6 Å². The van der Waals surface area contributed by atoms with E-state index in [-0.39, 0.29) is 11.8 Å². The molecule has 3 rings (SSSR count). The van der Waals surface area contributed by atoms with E-state index in [4.69, 9.17) is 11.6 Å². The minimum atomic E-state index is -0.0971. The lowest BCUT2D eigenvalue weighted by atomic mass is 9.94. The van der Waals surface area contributed by atoms with Gasteiger partial charge >= 0.3 is 0 Å². The van der Waals surface area contributed by atoms with Crippen LogP contribution in [0.25, 0.3) is 0 Å². The molecule has 6 nitrogen and oxygen atoms in total. The van der Waals surface area contributed by atoms with Crippen LogP contribution in [0.5, 0.6) is 0 Å². The average molecular weight is 348 g/mol. The fraction of sp³-hybridized carbons (Fsp3) is 0.529. The van der Waals surface area contributed by atoms with Crippen LogP contribution in [0, 0.1) is 6.92 Å². The van der Waals surface area contributed by atoms with Crippen LogP contribution in [0.4, 0.5) is 0 Å². The molecule has 1 amide bonds. The molecule has 1 fully saturated rings. The zero-order valence-corrected chi connectivity index (χ0v) is 14.8. The molecule has 0 bridgehead atoms. The third-order valence-electron chi connectivity index (χ3n) is 4.27. The Morgan fingerprint density at radius 1 is 1.42 bits per heavy atom. The van der Waals surface area contributed by atoms with Crippen molar-refractivity contribution in [2.75, 3.05) is 13.1 Å². The van der Waals surface area contributed by atoms with Crippen LogP contribution >= 0.6 is 11.6 Å². The third kappa shape index (κ3) is 3.59. The van der Waals surface area contributed by atoms with Crippen molar-refractivity contribution in [2.24, 2.45) is 0 Å². The molecule has 0 saturated carbocycles. The molecule has 1 saturated heterocycles. The van der Waals surface area contributed by atoms with Gasteiger partial charge in [0.2, 0.25) is 0 Å². The number of rotatable bonds is 4. The molecule has 7 heteroatoms. The van der Waals surface area contributed by atoms with Crippen molar-refractivity contribution in [3.05, 3.63) is 40.7 Å². The summed E-state index contributed by atoms with van der Waals surface area (Å²) in [6.45, 7) is 6.12. The smallest absolute Gasteiger partial charge is 0.275 e. The first-order valence-corrected chi connectivity index (χ1v) is 8.77. The Morgan fingerprint density at radius 3 is 3.00 bits per heavy atom. The summed E-state index contributed by atoms with van der Waals surface area (Å²) in [6.07, 6.45) is 8.18. The summed E-state index contributed by atoms with van der Waals surface area (Å²) >= 11 is 6.22. The zero-order valence-electron chi connectivity index (χ0n) is 14.1. The molecule has 1 atom stereocenters. The highest BCUT2D eigenvalue weighted by Crippen LogP contribution is 2.27. The van der Waals surface area contributed by atoms with Crippen molar-refractivity contribution in [1.82, 2.24) is 24.6 Å². The topological polar surface area (TPSA) is 63.9 Å². The van der Waals surface area contributed by atoms with Crippen LogP contribution in [0.15, 0.2) is 18.6 Å². The maximum atomic E-state index is 12.8. The molecule has 0 radical (unpaired) electrons. The standard InChI is InChI=1S/C17H22ClN5O/c1-3-6-23-11-14(18)16(21-23)17(24)22-7-4-5-13(10-22)15-9-19-8-12(2)20-15/h8-9,11,13H,3-7,10H2,1-2H3. The predicted octanol–water partition coefficient (Wildman–Crippen LogP) is 3.06. The van der Waals surface area contributed by atoms with E-state index in [0.717, 1.165) is 43.7 Å². The lowest BCUT2D eigenvalue weighted by Crippen LogP contribution is -2.39. The third-order valence-corrected chi connectivity index (χ3v) is 4.55. The van der Waals surface area contributed by atoms with E-state index < -0.39 is 0 Å². The van der Waals surface area contributed by atoms with Crippen LogP contribution in [0.1, 0.15) is 54.0 Å². The lowest BCUT2D eigenvalue weighted by molar-refractivity contribution is 0.0699. The van der Waals surface area contributed by atoms with E-state index in [0.29, 0.717) is 17.3 Å². The normalized spacial score (nSPS) is 18.0. The van der Waals surface area contributed by atoms with Crippen molar-refractivity contribution in [1.29, 1.82) is 0 Å². The Kier molecular flexibility index (Phi) is 5.14. The Bertz CT molecular complexity index is 730. The molecule has 0 spiro atoms. The van der Waals surface area contributed by atoms with E-state index in [9.17, 15) is 4.79 Å². The number of nitrogens with zero attached hydrogens (tertiary/aromatic N) is 5. The number of aromatic nitrogens is 4. The number of halogens is 1. The van der Waals surface area contributed by atoms with Gasteiger partial charge in [0.25, 0.3) is 5.91 Å². The van der Waals surface area contributed by atoms with Gasteiger partial charge in [-0.1, -0.05) is 18.5 Å². The molecular weight excluding hydrogens is 326 g/mol. The second kappa shape index (κ2) is 7.30. The van der Waals surface area contributed by atoms with Crippen molar-refractivity contribution in [3.63, 3.8) is 0 Å². The molecule has 0 N–H and O–H groups in total. The largest absolute Gasteiger partial charge is 0.337 e. The minimum absolute atomic E-state index is 0.0971. The van der Waals surface area contributed by atoms with E-state index in [1.54, 1.807) is 23.3 Å². The molecule has 2 aromatic rings. The molecule has 0 aromatic carbocycles. The van der Waals surface area contributed by atoms with E-state index in [2.05, 4.69) is 22.0 Å². The number of hydrogen-bond acceptors (Lipinski definition) is 4. The van der Waals surface area contributed by atoms with E-state index in [1.807, 2.05) is 11.8 Å². The Morgan fingerprint density at radius 2 is 2.25 bits per heavy atom. The number of carbonyl (C=O) groups excluding carboxylic acids is 1. The first kappa shape index (κ1) is 16.9. The summed E-state index contributed by atoms with van der Waals surface area (Å²) in [5, 5.41) is 4.77. The Hall–Kier alpha value is -1.95. The number of amides is 1. The van der Waals surface area contributed by atoms with Gasteiger partial charge in [0.15, 0.2) is 5.69 Å². The first-order valence-electron chi connectivity index (χ1n) is 8.39. The number of carbonyl (C=O) groups is 1. The average Bonchev–Trinajstić information content (AvgIpc) is 2.95. The van der Waals surface area contributed by atoms with Gasteiger partial charge in [0, 0.05) is 44.1 Å². The number of piperidine rings is 1. The van der Waals surface area contributed by atoms with Gasteiger partial charge in [-0.2, -0.15) is 5.10 Å². The highest BCUT2D eigenvalue weighted by atomic mass is 35.5. The zero-order chi connectivity index (χ0) is 17.1. The summed E-state index contributed by atoms with van der Waals surface area (Å²) in [7, 11) is 0. The number of aryl methyl sites for hydroxylation is 2. The Balaban J connectivity index is 1.75. The number of likely N-dealkylation sites (tertiary alicyclic amines) is 1. The van der Waals surface area contributed by atoms with Crippen LogP contribution < -0.4 is 0 Å². The van der Waals surface area contributed by atoms with Gasteiger partial charge in [-0.3, -0.25) is 19.4 Å². The summed E-state index contributed by atoms with van der Waals surface area (Å²) in [6, 6.07) is 0. The molecule has 0 aliphatic carbocycles. The van der Waals surface area contributed by atoms with Crippen LogP contribution in [0.3, 0.4) is 0 Å². The van der Waals surface area contributed by atoms with Crippen molar-refractivity contribution in [3.8, 4) is 0 Å². The van der Waals surface area contributed by atoms with Gasteiger partial charge in [-0.15, -0.1) is 0 Å². The quantitative estimate of drug-likeness (QED) is 0.852. The first-order chi connectivity index (χ1) is 11.6. The SMILES string of the molecule is CCCn1cc(Cl)c(C(=O)N2CCCC(c3cncc(C)n3)C2)n1. The van der Waals surface area contributed by atoms with Gasteiger partial charge in [0.1, 0.15) is 0 Å². The second-order valence-corrected chi connectivity index (χ2v) is 6.67. The monoisotopic (exact) mass is 347 g/mol. The summed E-state index contributed by atoms with van der Waals surface area (Å²) in [5.74, 6) is 0.117. The summed E-state index contributed by atoms with van der Waals surface area (Å²) in [4.78, 5) is 23.4. The highest BCUT2D eigenvalue weighted by Gasteiger charge is 2.29. The van der Waals surface area contributed by atoms with Gasteiger partial charge in [0.05, 0.1) is 16.4 Å². The van der Waals surface area contributed by atoms with Crippen LogP contribution in [0.2, 0.25) is 5.02 Å². The van der Waals surface area contributed by atoms with Crippen LogP contribution in [-0.4, -0.2) is 43.6 Å². The molecule has 1 aliphatic rings. The summed E-state index contributed by atoms with van der Waals surface area (Å²) in [5.41, 5.74) is 2.20. The molecule has 24 heavy (non-hydrogen) atoms. The molecule has 2 aromatic heterocycles.